The molecule has 0 radical (unpaired) electrons. The predicted octanol–water partition coefficient (Wildman–Crippen LogP) is 5.84. The van der Waals surface area contributed by atoms with E-state index in [-0.39, 0.29) is 5.91 Å². The van der Waals surface area contributed by atoms with E-state index in [4.69, 9.17) is 13.7 Å². The number of hydrogen-bond donors (Lipinski definition) is 1. The number of nitrogens with zero attached hydrogens (tertiary/aromatic N) is 1. The monoisotopic (exact) mass is 402 g/mol. The standard InChI is InChI=1S/C24H22N2O4/c1-4-28-21-13-22-19(20(14-29-22)17-8-6-5-7-9-17)12-18(21)15(2)10-24(27)25-23-11-16(3)30-26-23/h5-14H,4H2,1-3H3,(H,25,26,27)/b15-10+. The first kappa shape index (κ1) is 19.5. The maximum absolute atomic E-state index is 12.4. The van der Waals surface area contributed by atoms with Gasteiger partial charge in [0.2, 0.25) is 5.91 Å². The molecule has 0 aliphatic heterocycles. The van der Waals surface area contributed by atoms with E-state index < -0.39 is 0 Å². The van der Waals surface area contributed by atoms with Crippen molar-refractivity contribution >= 4 is 28.3 Å². The predicted molar refractivity (Wildman–Crippen MR) is 116 cm³/mol. The van der Waals surface area contributed by atoms with Gasteiger partial charge < -0.3 is 19.0 Å². The Morgan fingerprint density at radius 1 is 1.20 bits per heavy atom. The minimum atomic E-state index is -0.293. The minimum Gasteiger partial charge on any atom is -0.493 e. The van der Waals surface area contributed by atoms with Gasteiger partial charge in [0.25, 0.3) is 0 Å². The Morgan fingerprint density at radius 2 is 2.00 bits per heavy atom. The van der Waals surface area contributed by atoms with E-state index in [1.165, 1.54) is 6.08 Å². The molecule has 0 unspecified atom stereocenters. The number of rotatable bonds is 6. The number of ether oxygens (including phenoxy) is 1. The number of benzene rings is 2. The van der Waals surface area contributed by atoms with Gasteiger partial charge in [-0.2, -0.15) is 0 Å². The van der Waals surface area contributed by atoms with Gasteiger partial charge in [-0.25, -0.2) is 0 Å². The molecule has 4 rings (SSSR count). The van der Waals surface area contributed by atoms with E-state index in [1.807, 2.05) is 56.3 Å². The zero-order chi connectivity index (χ0) is 21.1. The third-order valence-corrected chi connectivity index (χ3v) is 4.71. The molecular weight excluding hydrogens is 380 g/mol. The summed E-state index contributed by atoms with van der Waals surface area (Å²) in [5.41, 5.74) is 4.38. The molecule has 0 saturated carbocycles. The number of allylic oxidation sites excluding steroid dienone is 1. The van der Waals surface area contributed by atoms with Crippen LogP contribution in [0.3, 0.4) is 0 Å². The van der Waals surface area contributed by atoms with Crippen molar-refractivity contribution in [2.75, 3.05) is 11.9 Å². The summed E-state index contributed by atoms with van der Waals surface area (Å²) in [5, 5.41) is 7.45. The largest absolute Gasteiger partial charge is 0.493 e. The van der Waals surface area contributed by atoms with Gasteiger partial charge in [-0.1, -0.05) is 35.5 Å². The van der Waals surface area contributed by atoms with E-state index in [0.717, 1.165) is 33.2 Å². The highest BCUT2D eigenvalue weighted by Crippen LogP contribution is 2.37. The number of hydrogen-bond acceptors (Lipinski definition) is 5. The second-order valence-electron chi connectivity index (χ2n) is 6.93. The first-order valence-electron chi connectivity index (χ1n) is 9.71. The van der Waals surface area contributed by atoms with Crippen LogP contribution in [0.2, 0.25) is 0 Å². The van der Waals surface area contributed by atoms with Gasteiger partial charge in [-0.15, -0.1) is 0 Å². The molecule has 4 aromatic rings. The lowest BCUT2D eigenvalue weighted by atomic mass is 9.99. The van der Waals surface area contributed by atoms with Crippen molar-refractivity contribution in [1.82, 2.24) is 5.16 Å². The summed E-state index contributed by atoms with van der Waals surface area (Å²) in [7, 11) is 0. The average Bonchev–Trinajstić information content (AvgIpc) is 3.33. The molecule has 0 aliphatic rings. The average molecular weight is 402 g/mol. The van der Waals surface area contributed by atoms with Crippen LogP contribution >= 0.6 is 0 Å². The lowest BCUT2D eigenvalue weighted by molar-refractivity contribution is -0.111. The van der Waals surface area contributed by atoms with Crippen molar-refractivity contribution in [3.63, 3.8) is 0 Å². The number of carbonyl (C=O) groups is 1. The van der Waals surface area contributed by atoms with Crippen molar-refractivity contribution in [1.29, 1.82) is 0 Å². The maximum Gasteiger partial charge on any atom is 0.249 e. The summed E-state index contributed by atoms with van der Waals surface area (Å²) >= 11 is 0. The number of aromatic nitrogens is 1. The molecule has 0 fully saturated rings. The molecule has 1 N–H and O–H groups in total. The lowest BCUT2D eigenvalue weighted by Crippen LogP contribution is -2.09. The second-order valence-corrected chi connectivity index (χ2v) is 6.93. The number of amides is 1. The highest BCUT2D eigenvalue weighted by molar-refractivity contribution is 6.05. The molecule has 0 aliphatic carbocycles. The quantitative estimate of drug-likeness (QED) is 0.410. The number of aryl methyl sites for hydroxylation is 1. The SMILES string of the molecule is CCOc1cc2occ(-c3ccccc3)c2cc1/C(C)=C/C(=O)Nc1cc(C)on1. The lowest BCUT2D eigenvalue weighted by Gasteiger charge is -2.11. The molecule has 6 heteroatoms. The fraction of sp³-hybridized carbons (Fsp3) is 0.167. The minimum absolute atomic E-state index is 0.293. The molecule has 2 aromatic carbocycles. The highest BCUT2D eigenvalue weighted by Gasteiger charge is 2.15. The van der Waals surface area contributed by atoms with Gasteiger partial charge in [-0.05, 0) is 38.0 Å². The van der Waals surface area contributed by atoms with Crippen LogP contribution in [-0.4, -0.2) is 17.7 Å². The van der Waals surface area contributed by atoms with Crippen LogP contribution in [0, 0.1) is 6.92 Å². The molecule has 152 valence electrons. The van der Waals surface area contributed by atoms with Crippen LogP contribution in [0.5, 0.6) is 5.75 Å². The van der Waals surface area contributed by atoms with E-state index >= 15 is 0 Å². The van der Waals surface area contributed by atoms with Crippen molar-refractivity contribution in [2.24, 2.45) is 0 Å². The molecule has 2 aromatic heterocycles. The molecule has 6 nitrogen and oxygen atoms in total. The first-order valence-corrected chi connectivity index (χ1v) is 9.71. The Kier molecular flexibility index (Phi) is 5.39. The number of carbonyl (C=O) groups excluding carboxylic acids is 1. The summed E-state index contributed by atoms with van der Waals surface area (Å²) in [6.07, 6.45) is 3.27. The van der Waals surface area contributed by atoms with Crippen LogP contribution < -0.4 is 10.1 Å². The molecule has 0 saturated heterocycles. The van der Waals surface area contributed by atoms with E-state index in [1.54, 1.807) is 19.3 Å². The summed E-state index contributed by atoms with van der Waals surface area (Å²) < 4.78 is 16.6. The van der Waals surface area contributed by atoms with Crippen LogP contribution in [0.15, 0.2) is 69.8 Å². The molecule has 1 amide bonds. The molecule has 30 heavy (non-hydrogen) atoms. The van der Waals surface area contributed by atoms with Gasteiger partial charge in [0.1, 0.15) is 17.1 Å². The molecule has 0 spiro atoms. The van der Waals surface area contributed by atoms with Gasteiger partial charge in [0, 0.05) is 34.7 Å². The van der Waals surface area contributed by atoms with E-state index in [0.29, 0.717) is 23.9 Å². The van der Waals surface area contributed by atoms with E-state index in [9.17, 15) is 4.79 Å². The smallest absolute Gasteiger partial charge is 0.249 e. The third kappa shape index (κ3) is 3.98. The molecule has 2 heterocycles. The van der Waals surface area contributed by atoms with Crippen LogP contribution in [0.4, 0.5) is 5.82 Å². The Bertz CT molecular complexity index is 1220. The van der Waals surface area contributed by atoms with Gasteiger partial charge in [-0.3, -0.25) is 4.79 Å². The highest BCUT2D eigenvalue weighted by atomic mass is 16.5. The molecule has 0 bridgehead atoms. The number of fused-ring (bicyclic) bond motifs is 1. The number of anilines is 1. The zero-order valence-electron chi connectivity index (χ0n) is 17.1. The van der Waals surface area contributed by atoms with Gasteiger partial charge >= 0.3 is 0 Å². The molecular formula is C24H22N2O4. The fourth-order valence-electron chi connectivity index (χ4n) is 3.34. The second kappa shape index (κ2) is 8.29. The van der Waals surface area contributed by atoms with Crippen LogP contribution in [-0.2, 0) is 4.79 Å². The summed E-state index contributed by atoms with van der Waals surface area (Å²) in [6, 6.07) is 15.6. The van der Waals surface area contributed by atoms with Gasteiger partial charge in [0.05, 0.1) is 12.9 Å². The summed E-state index contributed by atoms with van der Waals surface area (Å²) in [5.74, 6) is 1.38. The third-order valence-electron chi connectivity index (χ3n) is 4.71. The topological polar surface area (TPSA) is 77.5 Å². The number of furan rings is 1. The normalized spacial score (nSPS) is 11.6. The van der Waals surface area contributed by atoms with E-state index in [2.05, 4.69) is 10.5 Å². The van der Waals surface area contributed by atoms with Crippen molar-refractivity contribution in [2.45, 2.75) is 20.8 Å². The zero-order valence-corrected chi connectivity index (χ0v) is 17.1. The number of nitrogens with one attached hydrogen (secondary N) is 1. The fourth-order valence-corrected chi connectivity index (χ4v) is 3.34. The summed E-state index contributed by atoms with van der Waals surface area (Å²) in [4.78, 5) is 12.4. The first-order chi connectivity index (χ1) is 14.5. The van der Waals surface area contributed by atoms with Gasteiger partial charge in [0.15, 0.2) is 5.82 Å². The summed E-state index contributed by atoms with van der Waals surface area (Å²) in [6.45, 7) is 6.06. The Labute approximate surface area is 174 Å². The Morgan fingerprint density at radius 3 is 2.70 bits per heavy atom. The van der Waals surface area contributed by atoms with Crippen LogP contribution in [0.25, 0.3) is 27.7 Å². The maximum atomic E-state index is 12.4. The molecule has 0 atom stereocenters. The van der Waals surface area contributed by atoms with Crippen molar-refractivity contribution in [3.8, 4) is 16.9 Å². The van der Waals surface area contributed by atoms with Crippen molar-refractivity contribution < 1.29 is 18.5 Å². The Balaban J connectivity index is 1.73. The van der Waals surface area contributed by atoms with Crippen molar-refractivity contribution in [3.05, 3.63) is 72.2 Å². The van der Waals surface area contributed by atoms with Crippen LogP contribution in [0.1, 0.15) is 25.2 Å². The Hall–Kier alpha value is -3.80.